The van der Waals surface area contributed by atoms with Gasteiger partial charge in [-0.1, -0.05) is 12.1 Å². The first-order chi connectivity index (χ1) is 14.6. The highest BCUT2D eigenvalue weighted by atomic mass is 16.5. The SMILES string of the molecule is COc1ccccc1N1CCN(Cc2ccc(C(C)N3CCCCC3=O)n2C)CC1. The van der Waals surface area contributed by atoms with Gasteiger partial charge in [0.15, 0.2) is 0 Å². The Morgan fingerprint density at radius 1 is 1.00 bits per heavy atom. The summed E-state index contributed by atoms with van der Waals surface area (Å²) >= 11 is 0. The number of carbonyl (C=O) groups is 1. The Bertz CT molecular complexity index is 870. The van der Waals surface area contributed by atoms with Crippen LogP contribution in [-0.2, 0) is 18.4 Å². The molecule has 1 atom stereocenters. The van der Waals surface area contributed by atoms with E-state index in [-0.39, 0.29) is 6.04 Å². The number of methoxy groups -OCH3 is 1. The standard InChI is InChI=1S/C24H34N4O2/c1-19(28-13-7-6-10-24(28)29)21-12-11-20(25(21)2)18-26-14-16-27(17-15-26)22-8-4-5-9-23(22)30-3/h4-5,8-9,11-12,19H,6-7,10,13-18H2,1-3H3. The van der Waals surface area contributed by atoms with E-state index in [2.05, 4.69) is 57.5 Å². The van der Waals surface area contributed by atoms with Gasteiger partial charge in [-0.15, -0.1) is 0 Å². The number of nitrogens with zero attached hydrogens (tertiary/aromatic N) is 4. The molecule has 4 rings (SSSR count). The molecule has 0 N–H and O–H groups in total. The van der Waals surface area contributed by atoms with Crippen LogP contribution in [0.25, 0.3) is 0 Å². The van der Waals surface area contributed by atoms with Crippen molar-refractivity contribution >= 4 is 11.6 Å². The second-order valence-electron chi connectivity index (χ2n) is 8.46. The van der Waals surface area contributed by atoms with Crippen LogP contribution in [0, 0.1) is 0 Å². The quantitative estimate of drug-likeness (QED) is 0.732. The Kier molecular flexibility index (Phi) is 6.32. The van der Waals surface area contributed by atoms with Crippen molar-refractivity contribution in [1.82, 2.24) is 14.4 Å². The number of anilines is 1. The van der Waals surface area contributed by atoms with Crippen LogP contribution in [-0.4, -0.2) is 60.1 Å². The minimum Gasteiger partial charge on any atom is -0.495 e. The van der Waals surface area contributed by atoms with E-state index in [0.29, 0.717) is 12.3 Å². The largest absolute Gasteiger partial charge is 0.495 e. The van der Waals surface area contributed by atoms with Crippen LogP contribution in [0.3, 0.4) is 0 Å². The number of para-hydroxylation sites is 2. The van der Waals surface area contributed by atoms with Crippen LogP contribution < -0.4 is 9.64 Å². The van der Waals surface area contributed by atoms with Crippen molar-refractivity contribution in [3.63, 3.8) is 0 Å². The average Bonchev–Trinajstić information content (AvgIpc) is 3.14. The number of rotatable bonds is 6. The van der Waals surface area contributed by atoms with E-state index in [0.717, 1.165) is 57.9 Å². The van der Waals surface area contributed by atoms with Crippen LogP contribution >= 0.6 is 0 Å². The number of piperidine rings is 1. The monoisotopic (exact) mass is 410 g/mol. The molecule has 1 unspecified atom stereocenters. The Hall–Kier alpha value is -2.47. The minimum absolute atomic E-state index is 0.138. The molecule has 0 saturated carbocycles. The number of hydrogen-bond acceptors (Lipinski definition) is 4. The predicted octanol–water partition coefficient (Wildman–Crippen LogP) is 3.43. The third kappa shape index (κ3) is 4.19. The molecule has 30 heavy (non-hydrogen) atoms. The molecule has 1 aromatic heterocycles. The van der Waals surface area contributed by atoms with Gasteiger partial charge < -0.3 is 19.1 Å². The maximum atomic E-state index is 12.3. The molecular weight excluding hydrogens is 376 g/mol. The molecule has 2 fully saturated rings. The van der Waals surface area contributed by atoms with Crippen LogP contribution in [0.4, 0.5) is 5.69 Å². The summed E-state index contributed by atoms with van der Waals surface area (Å²) in [6, 6.07) is 12.8. The lowest BCUT2D eigenvalue weighted by molar-refractivity contribution is -0.135. The van der Waals surface area contributed by atoms with Gasteiger partial charge in [-0.05, 0) is 44.0 Å². The summed E-state index contributed by atoms with van der Waals surface area (Å²) in [5.41, 5.74) is 3.72. The summed E-state index contributed by atoms with van der Waals surface area (Å²) in [7, 11) is 3.88. The normalized spacial score (nSPS) is 19.2. The molecule has 6 nitrogen and oxygen atoms in total. The van der Waals surface area contributed by atoms with E-state index in [1.54, 1.807) is 7.11 Å². The van der Waals surface area contributed by atoms with Crippen molar-refractivity contribution < 1.29 is 9.53 Å². The van der Waals surface area contributed by atoms with E-state index >= 15 is 0 Å². The van der Waals surface area contributed by atoms with E-state index in [1.165, 1.54) is 17.1 Å². The molecule has 0 radical (unpaired) electrons. The molecule has 1 amide bonds. The van der Waals surface area contributed by atoms with Gasteiger partial charge in [0, 0.05) is 64.1 Å². The third-order valence-corrected chi connectivity index (χ3v) is 6.70. The molecule has 3 heterocycles. The molecule has 2 saturated heterocycles. The highest BCUT2D eigenvalue weighted by Gasteiger charge is 2.26. The van der Waals surface area contributed by atoms with Gasteiger partial charge in [-0.3, -0.25) is 9.69 Å². The van der Waals surface area contributed by atoms with E-state index in [9.17, 15) is 4.79 Å². The zero-order chi connectivity index (χ0) is 21.1. The zero-order valence-corrected chi connectivity index (χ0v) is 18.5. The Balaban J connectivity index is 1.37. The van der Waals surface area contributed by atoms with Gasteiger partial charge in [0.25, 0.3) is 0 Å². The number of hydrogen-bond donors (Lipinski definition) is 0. The van der Waals surface area contributed by atoms with Gasteiger partial charge in [0.1, 0.15) is 5.75 Å². The molecule has 2 aliphatic heterocycles. The summed E-state index contributed by atoms with van der Waals surface area (Å²) in [6.07, 6.45) is 2.84. The first-order valence-electron chi connectivity index (χ1n) is 11.1. The third-order valence-electron chi connectivity index (χ3n) is 6.70. The molecule has 0 aliphatic carbocycles. The number of amides is 1. The average molecular weight is 411 g/mol. The summed E-state index contributed by atoms with van der Waals surface area (Å²) in [5, 5.41) is 0. The van der Waals surface area contributed by atoms with Crippen LogP contribution in [0.2, 0.25) is 0 Å². The maximum Gasteiger partial charge on any atom is 0.223 e. The number of benzene rings is 1. The molecule has 1 aromatic carbocycles. The number of piperazine rings is 1. The van der Waals surface area contributed by atoms with Crippen molar-refractivity contribution in [2.45, 2.75) is 38.8 Å². The van der Waals surface area contributed by atoms with Gasteiger partial charge >= 0.3 is 0 Å². The van der Waals surface area contributed by atoms with E-state index in [1.807, 2.05) is 12.1 Å². The van der Waals surface area contributed by atoms with Crippen LogP contribution in [0.15, 0.2) is 36.4 Å². The minimum atomic E-state index is 0.138. The van der Waals surface area contributed by atoms with Gasteiger partial charge in [0.2, 0.25) is 5.91 Å². The van der Waals surface area contributed by atoms with E-state index in [4.69, 9.17) is 4.74 Å². The molecule has 2 aliphatic rings. The fourth-order valence-corrected chi connectivity index (χ4v) is 4.81. The fourth-order valence-electron chi connectivity index (χ4n) is 4.81. The maximum absolute atomic E-state index is 12.3. The fraction of sp³-hybridized carbons (Fsp3) is 0.542. The van der Waals surface area contributed by atoms with Gasteiger partial charge in [0.05, 0.1) is 18.8 Å². The summed E-state index contributed by atoms with van der Waals surface area (Å²) < 4.78 is 7.82. The molecule has 2 aromatic rings. The van der Waals surface area contributed by atoms with Gasteiger partial charge in [-0.2, -0.15) is 0 Å². The first-order valence-corrected chi connectivity index (χ1v) is 11.1. The highest BCUT2D eigenvalue weighted by molar-refractivity contribution is 5.77. The van der Waals surface area contributed by atoms with Crippen molar-refractivity contribution in [1.29, 1.82) is 0 Å². The Morgan fingerprint density at radius 3 is 2.50 bits per heavy atom. The number of carbonyl (C=O) groups excluding carboxylic acids is 1. The number of ether oxygens (including phenoxy) is 1. The molecule has 6 heteroatoms. The Labute approximate surface area is 180 Å². The second-order valence-corrected chi connectivity index (χ2v) is 8.46. The van der Waals surface area contributed by atoms with Crippen LogP contribution in [0.1, 0.15) is 43.6 Å². The topological polar surface area (TPSA) is 41.0 Å². The highest BCUT2D eigenvalue weighted by Crippen LogP contribution is 2.29. The summed E-state index contributed by atoms with van der Waals surface area (Å²) in [5.74, 6) is 1.24. The molecule has 0 bridgehead atoms. The predicted molar refractivity (Wildman–Crippen MR) is 120 cm³/mol. The van der Waals surface area contributed by atoms with Crippen molar-refractivity contribution in [3.8, 4) is 5.75 Å². The molecular formula is C24H34N4O2. The Morgan fingerprint density at radius 2 is 1.77 bits per heavy atom. The van der Waals surface area contributed by atoms with Crippen molar-refractivity contribution in [2.24, 2.45) is 7.05 Å². The number of likely N-dealkylation sites (tertiary alicyclic amines) is 1. The van der Waals surface area contributed by atoms with E-state index < -0.39 is 0 Å². The molecule has 0 spiro atoms. The lowest BCUT2D eigenvalue weighted by Gasteiger charge is -2.37. The van der Waals surface area contributed by atoms with Crippen molar-refractivity contribution in [3.05, 3.63) is 47.8 Å². The smallest absolute Gasteiger partial charge is 0.223 e. The van der Waals surface area contributed by atoms with Crippen LogP contribution in [0.5, 0.6) is 5.75 Å². The second kappa shape index (κ2) is 9.13. The van der Waals surface area contributed by atoms with Crippen molar-refractivity contribution in [2.75, 3.05) is 44.7 Å². The molecule has 162 valence electrons. The lowest BCUT2D eigenvalue weighted by Crippen LogP contribution is -2.46. The first kappa shape index (κ1) is 20.8. The lowest BCUT2D eigenvalue weighted by atomic mass is 10.1. The number of aromatic nitrogens is 1. The zero-order valence-electron chi connectivity index (χ0n) is 18.5. The summed E-state index contributed by atoms with van der Waals surface area (Å²) in [4.78, 5) is 19.3. The van der Waals surface area contributed by atoms with Gasteiger partial charge in [-0.25, -0.2) is 0 Å². The summed E-state index contributed by atoms with van der Waals surface area (Å²) in [6.45, 7) is 8.03.